The maximum absolute atomic E-state index is 14.4. The Bertz CT molecular complexity index is 838. The minimum Gasteiger partial charge on any atom is -0.467 e. The molecule has 1 atom stereocenters. The lowest BCUT2D eigenvalue weighted by molar-refractivity contribution is -0.195. The SMILES string of the molecule is CC(=O)C1=C(C)N(Cc2ccco2)C(=O)[C@@]1(NC(=O)C1CCCCC1)C(F)(F)F. The van der Waals surface area contributed by atoms with Crippen LogP contribution < -0.4 is 5.32 Å². The highest BCUT2D eigenvalue weighted by molar-refractivity contribution is 6.12. The Morgan fingerprint density at radius 2 is 1.93 bits per heavy atom. The zero-order valence-corrected chi connectivity index (χ0v) is 16.3. The van der Waals surface area contributed by atoms with Crippen molar-refractivity contribution in [2.24, 2.45) is 5.92 Å². The summed E-state index contributed by atoms with van der Waals surface area (Å²) >= 11 is 0. The van der Waals surface area contributed by atoms with E-state index in [4.69, 9.17) is 4.42 Å². The third kappa shape index (κ3) is 3.58. The largest absolute Gasteiger partial charge is 0.467 e. The predicted octanol–water partition coefficient (Wildman–Crippen LogP) is 3.48. The lowest BCUT2D eigenvalue weighted by Crippen LogP contribution is -2.66. The van der Waals surface area contributed by atoms with Gasteiger partial charge in [0.1, 0.15) is 5.76 Å². The number of halogens is 3. The third-order valence-corrected chi connectivity index (χ3v) is 5.67. The Kier molecular flexibility index (Phi) is 5.60. The van der Waals surface area contributed by atoms with E-state index in [-0.39, 0.29) is 18.0 Å². The first-order valence-electron chi connectivity index (χ1n) is 9.55. The molecule has 2 aliphatic rings. The van der Waals surface area contributed by atoms with Gasteiger partial charge in [-0.3, -0.25) is 14.4 Å². The second-order valence-corrected chi connectivity index (χ2v) is 7.56. The highest BCUT2D eigenvalue weighted by Gasteiger charge is 2.70. The number of alkyl halides is 3. The van der Waals surface area contributed by atoms with Crippen molar-refractivity contribution in [3.63, 3.8) is 0 Å². The van der Waals surface area contributed by atoms with Crippen LogP contribution in [0.2, 0.25) is 0 Å². The molecular formula is C20H23F3N2O4. The van der Waals surface area contributed by atoms with Crippen LogP contribution >= 0.6 is 0 Å². The molecule has 1 aliphatic heterocycles. The van der Waals surface area contributed by atoms with Crippen molar-refractivity contribution in [3.8, 4) is 0 Å². The molecule has 158 valence electrons. The number of furan rings is 1. The van der Waals surface area contributed by atoms with Crippen LogP contribution in [0.4, 0.5) is 13.2 Å². The monoisotopic (exact) mass is 412 g/mol. The fraction of sp³-hybridized carbons (Fsp3) is 0.550. The first kappa shape index (κ1) is 21.1. The van der Waals surface area contributed by atoms with Gasteiger partial charge in [0.05, 0.1) is 18.4 Å². The molecule has 1 aromatic heterocycles. The van der Waals surface area contributed by atoms with E-state index in [0.717, 1.165) is 31.1 Å². The van der Waals surface area contributed by atoms with Crippen LogP contribution in [0.25, 0.3) is 0 Å². The lowest BCUT2D eigenvalue weighted by Gasteiger charge is -2.35. The fourth-order valence-electron chi connectivity index (χ4n) is 4.24. The van der Waals surface area contributed by atoms with Gasteiger partial charge < -0.3 is 14.6 Å². The molecule has 0 aromatic carbocycles. The molecule has 1 saturated carbocycles. The Labute approximate surface area is 166 Å². The van der Waals surface area contributed by atoms with E-state index < -0.39 is 40.8 Å². The number of hydrogen-bond donors (Lipinski definition) is 1. The van der Waals surface area contributed by atoms with Gasteiger partial charge in [-0.2, -0.15) is 13.2 Å². The molecule has 0 spiro atoms. The minimum absolute atomic E-state index is 0.139. The summed E-state index contributed by atoms with van der Waals surface area (Å²) < 4.78 is 48.2. The molecule has 1 aliphatic carbocycles. The van der Waals surface area contributed by atoms with E-state index in [1.807, 2.05) is 5.32 Å². The average molecular weight is 412 g/mol. The van der Waals surface area contributed by atoms with E-state index in [1.165, 1.54) is 19.3 Å². The Morgan fingerprint density at radius 3 is 2.45 bits per heavy atom. The van der Waals surface area contributed by atoms with E-state index in [2.05, 4.69) is 0 Å². The van der Waals surface area contributed by atoms with Crippen molar-refractivity contribution >= 4 is 17.6 Å². The van der Waals surface area contributed by atoms with Crippen LogP contribution in [0.1, 0.15) is 51.7 Å². The number of carbonyl (C=O) groups excluding carboxylic acids is 3. The van der Waals surface area contributed by atoms with E-state index in [9.17, 15) is 27.6 Å². The van der Waals surface area contributed by atoms with Crippen LogP contribution in [0.5, 0.6) is 0 Å². The van der Waals surface area contributed by atoms with Crippen molar-refractivity contribution in [1.29, 1.82) is 0 Å². The first-order valence-corrected chi connectivity index (χ1v) is 9.55. The molecular weight excluding hydrogens is 389 g/mol. The van der Waals surface area contributed by atoms with Crippen molar-refractivity contribution in [1.82, 2.24) is 10.2 Å². The first-order chi connectivity index (χ1) is 13.6. The number of ketones is 1. The van der Waals surface area contributed by atoms with Gasteiger partial charge in [-0.05, 0) is 38.8 Å². The Morgan fingerprint density at radius 1 is 1.28 bits per heavy atom. The number of rotatable bonds is 5. The number of carbonyl (C=O) groups is 3. The molecule has 0 radical (unpaired) electrons. The van der Waals surface area contributed by atoms with Crippen LogP contribution in [-0.4, -0.2) is 34.2 Å². The predicted molar refractivity (Wildman–Crippen MR) is 96.1 cm³/mol. The Hall–Kier alpha value is -2.58. The molecule has 29 heavy (non-hydrogen) atoms. The molecule has 0 bridgehead atoms. The highest BCUT2D eigenvalue weighted by atomic mass is 19.4. The van der Waals surface area contributed by atoms with Crippen molar-refractivity contribution in [3.05, 3.63) is 35.4 Å². The fourth-order valence-corrected chi connectivity index (χ4v) is 4.24. The molecule has 1 fully saturated rings. The summed E-state index contributed by atoms with van der Waals surface area (Å²) in [5.41, 5.74) is -4.27. The third-order valence-electron chi connectivity index (χ3n) is 5.67. The molecule has 0 unspecified atom stereocenters. The normalized spacial score (nSPS) is 23.6. The molecule has 2 heterocycles. The van der Waals surface area contributed by atoms with Crippen molar-refractivity contribution < 1.29 is 32.0 Å². The highest BCUT2D eigenvalue weighted by Crippen LogP contribution is 2.45. The van der Waals surface area contributed by atoms with Crippen LogP contribution in [0.15, 0.2) is 34.1 Å². The van der Waals surface area contributed by atoms with E-state index in [1.54, 1.807) is 6.07 Å². The maximum Gasteiger partial charge on any atom is 0.425 e. The number of allylic oxidation sites excluding steroid dienone is 1. The number of nitrogens with zero attached hydrogens (tertiary/aromatic N) is 1. The van der Waals surface area contributed by atoms with Crippen LogP contribution in [0, 0.1) is 5.92 Å². The van der Waals surface area contributed by atoms with E-state index in [0.29, 0.717) is 12.8 Å². The maximum atomic E-state index is 14.4. The summed E-state index contributed by atoms with van der Waals surface area (Å²) in [6.07, 6.45) is -0.530. The van der Waals surface area contributed by atoms with Gasteiger partial charge in [0.2, 0.25) is 11.4 Å². The van der Waals surface area contributed by atoms with Gasteiger partial charge in [-0.1, -0.05) is 19.3 Å². The zero-order valence-electron chi connectivity index (χ0n) is 16.3. The van der Waals surface area contributed by atoms with Crippen molar-refractivity contribution in [2.75, 3.05) is 0 Å². The van der Waals surface area contributed by atoms with Crippen LogP contribution in [0.3, 0.4) is 0 Å². The Balaban J connectivity index is 2.04. The number of Topliss-reactive ketones (excluding diaryl/α,β-unsaturated/α-hetero) is 1. The van der Waals surface area contributed by atoms with Crippen LogP contribution in [-0.2, 0) is 20.9 Å². The summed E-state index contributed by atoms with van der Waals surface area (Å²) in [7, 11) is 0. The molecule has 3 rings (SSSR count). The smallest absolute Gasteiger partial charge is 0.425 e. The summed E-state index contributed by atoms with van der Waals surface area (Å²) in [6, 6.07) is 3.06. The van der Waals surface area contributed by atoms with Gasteiger partial charge in [0.15, 0.2) is 5.78 Å². The second-order valence-electron chi connectivity index (χ2n) is 7.56. The van der Waals surface area contributed by atoms with Gasteiger partial charge >= 0.3 is 6.18 Å². The number of hydrogen-bond acceptors (Lipinski definition) is 4. The zero-order chi connectivity index (χ0) is 21.4. The van der Waals surface area contributed by atoms with Gasteiger partial charge in [-0.25, -0.2) is 0 Å². The molecule has 2 amide bonds. The topological polar surface area (TPSA) is 79.6 Å². The number of nitrogens with one attached hydrogen (secondary N) is 1. The summed E-state index contributed by atoms with van der Waals surface area (Å²) in [4.78, 5) is 38.9. The summed E-state index contributed by atoms with van der Waals surface area (Å²) in [6.45, 7) is 1.97. The number of amides is 2. The minimum atomic E-state index is -5.19. The van der Waals surface area contributed by atoms with Gasteiger partial charge in [0.25, 0.3) is 5.91 Å². The molecule has 1 aromatic rings. The molecule has 1 N–H and O–H groups in total. The lowest BCUT2D eigenvalue weighted by atomic mass is 9.84. The molecule has 9 heteroatoms. The van der Waals surface area contributed by atoms with Gasteiger partial charge in [-0.15, -0.1) is 0 Å². The molecule has 6 nitrogen and oxygen atoms in total. The van der Waals surface area contributed by atoms with E-state index >= 15 is 0 Å². The quantitative estimate of drug-likeness (QED) is 0.803. The van der Waals surface area contributed by atoms with Crippen molar-refractivity contribution in [2.45, 2.75) is 64.2 Å². The molecule has 0 saturated heterocycles. The van der Waals surface area contributed by atoms with Gasteiger partial charge in [0, 0.05) is 11.6 Å². The summed E-state index contributed by atoms with van der Waals surface area (Å²) in [5.74, 6) is -3.50. The summed E-state index contributed by atoms with van der Waals surface area (Å²) in [5, 5.41) is 1.96. The second kappa shape index (κ2) is 7.68. The standard InChI is InChI=1S/C20H23F3N2O4/c1-12-16(13(2)26)19(20(21,22)23,24-17(27)14-7-4-3-5-8-14)18(28)25(12)11-15-9-6-10-29-15/h6,9-10,14H,3-5,7-8,11H2,1-2H3,(H,24,27)/t19-/m1/s1. The average Bonchev–Trinajstić information content (AvgIpc) is 3.23.